The normalized spacial score (nSPS) is 16.6. The largest absolute Gasteiger partial charge is 0.451 e. The number of carbonyl (C=O) groups is 3. The first kappa shape index (κ1) is 31.6. The van der Waals surface area contributed by atoms with E-state index in [1.54, 1.807) is 27.7 Å². The first-order valence-corrected chi connectivity index (χ1v) is 17.0. The van der Waals surface area contributed by atoms with Gasteiger partial charge in [-0.2, -0.15) is 0 Å². The lowest BCUT2D eigenvalue weighted by Gasteiger charge is -2.45. The van der Waals surface area contributed by atoms with Crippen LogP contribution < -0.4 is 0 Å². The van der Waals surface area contributed by atoms with Gasteiger partial charge in [0, 0.05) is 0 Å². The number of para-hydroxylation sites is 1. The lowest BCUT2D eigenvalue weighted by molar-refractivity contribution is -0.159. The Morgan fingerprint density at radius 2 is 1.57 bits per heavy atom. The third-order valence-electron chi connectivity index (χ3n) is 6.80. The van der Waals surface area contributed by atoms with Gasteiger partial charge < -0.3 is 14.4 Å². The highest BCUT2D eigenvalue weighted by molar-refractivity contribution is 8.77. The van der Waals surface area contributed by atoms with Crippen LogP contribution in [0.5, 0.6) is 0 Å². The van der Waals surface area contributed by atoms with Crippen LogP contribution in [0.15, 0.2) is 113 Å². The highest BCUT2D eigenvalue weighted by Crippen LogP contribution is 2.48. The van der Waals surface area contributed by atoms with E-state index in [0.29, 0.717) is 5.57 Å². The Morgan fingerprint density at radius 3 is 2.14 bits per heavy atom. The van der Waals surface area contributed by atoms with Crippen LogP contribution in [0.3, 0.4) is 0 Å². The minimum absolute atomic E-state index is 0.267. The van der Waals surface area contributed by atoms with Crippen LogP contribution in [0.4, 0.5) is 0 Å². The number of ether oxygens (including phenoxy) is 2. The Balaban J connectivity index is 1.43. The van der Waals surface area contributed by atoms with Crippen molar-refractivity contribution in [3.8, 4) is 0 Å². The molecule has 1 fully saturated rings. The minimum Gasteiger partial charge on any atom is -0.451 e. The van der Waals surface area contributed by atoms with Crippen molar-refractivity contribution < 1.29 is 23.9 Å². The monoisotopic (exact) mass is 644 g/mol. The zero-order valence-corrected chi connectivity index (χ0v) is 27.2. The van der Waals surface area contributed by atoms with Crippen molar-refractivity contribution in [2.24, 2.45) is 5.41 Å². The second kappa shape index (κ2) is 13.4. The molecule has 10 heteroatoms. The molecule has 3 aromatic carbocycles. The van der Waals surface area contributed by atoms with Gasteiger partial charge in [0.05, 0.1) is 21.2 Å². The molecular weight excluding hydrogens is 613 g/mol. The minimum atomic E-state index is -1.07. The summed E-state index contributed by atoms with van der Waals surface area (Å²) in [6, 6.07) is 25.7. The number of amides is 1. The quantitative estimate of drug-likeness (QED) is 0.0429. The van der Waals surface area contributed by atoms with E-state index in [0.717, 1.165) is 25.7 Å². The number of nitrogens with zero attached hydrogens (tertiary/aromatic N) is 2. The summed E-state index contributed by atoms with van der Waals surface area (Å²) in [4.78, 5) is 46.3. The molecule has 5 rings (SSSR count). The fraction of sp³-hybridized carbons (Fsp3) is 0.235. The van der Waals surface area contributed by atoms with Crippen LogP contribution in [0.25, 0.3) is 10.2 Å². The number of aromatic nitrogens is 1. The summed E-state index contributed by atoms with van der Waals surface area (Å²) in [7, 11) is 2.74. The van der Waals surface area contributed by atoms with E-state index in [-0.39, 0.29) is 5.57 Å². The Labute approximate surface area is 268 Å². The van der Waals surface area contributed by atoms with Gasteiger partial charge in [-0.3, -0.25) is 9.59 Å². The molecule has 1 aliphatic heterocycles. The number of hydrogen-bond donors (Lipinski definition) is 0. The molecule has 226 valence electrons. The maximum absolute atomic E-state index is 14.0. The maximum Gasteiger partial charge on any atom is 0.334 e. The van der Waals surface area contributed by atoms with E-state index < -0.39 is 40.8 Å². The zero-order valence-electron chi connectivity index (χ0n) is 24.8. The summed E-state index contributed by atoms with van der Waals surface area (Å²) < 4.78 is 13.4. The van der Waals surface area contributed by atoms with Gasteiger partial charge in [0.15, 0.2) is 16.5 Å². The molecule has 1 saturated heterocycles. The summed E-state index contributed by atoms with van der Waals surface area (Å²) in [5.74, 6) is -1.51. The highest BCUT2D eigenvalue weighted by Gasteiger charge is 2.51. The zero-order chi connectivity index (χ0) is 31.4. The van der Waals surface area contributed by atoms with Gasteiger partial charge in [0.2, 0.25) is 0 Å². The molecule has 0 radical (unpaired) electrons. The average Bonchev–Trinajstić information content (AvgIpc) is 3.43. The third-order valence-corrected chi connectivity index (χ3v) is 10.7. The van der Waals surface area contributed by atoms with Crippen molar-refractivity contribution >= 4 is 61.0 Å². The van der Waals surface area contributed by atoms with Crippen molar-refractivity contribution in [3.05, 3.63) is 120 Å². The van der Waals surface area contributed by atoms with Crippen molar-refractivity contribution in [1.82, 2.24) is 9.88 Å². The molecule has 0 saturated carbocycles. The topological polar surface area (TPSA) is 85.8 Å². The number of likely N-dealkylation sites (tertiary alicyclic amines) is 1. The van der Waals surface area contributed by atoms with Gasteiger partial charge in [-0.1, -0.05) is 90.2 Å². The Morgan fingerprint density at radius 1 is 0.977 bits per heavy atom. The molecule has 7 nitrogen and oxygen atoms in total. The molecule has 1 aliphatic rings. The summed E-state index contributed by atoms with van der Waals surface area (Å²) in [6.45, 7) is 11.0. The number of hydrogen-bond acceptors (Lipinski definition) is 9. The molecular formula is C34H32N2O5S3. The molecule has 44 heavy (non-hydrogen) atoms. The lowest BCUT2D eigenvalue weighted by atomic mass is 9.97. The van der Waals surface area contributed by atoms with Gasteiger partial charge in [-0.25, -0.2) is 9.78 Å². The molecule has 0 spiro atoms. The molecule has 0 bridgehead atoms. The standard InChI is InChI=1S/C34H32N2O5S3/c1-21(2)27(31(38)41-28(22-14-8-6-9-15-22)23-16-10-7-11-17-23)36-29(37)24(20-40-32(39)34(3,4)5)30(36)43-44-33-35-25-18-12-13-19-26(25)42-33/h6-20,27-28,30H,1H2,2-5H3/b24-20-/t27-,30-/m1/s1. The number of fused-ring (bicyclic) bond motifs is 1. The van der Waals surface area contributed by atoms with Crippen LogP contribution in [0.2, 0.25) is 0 Å². The smallest absolute Gasteiger partial charge is 0.334 e. The van der Waals surface area contributed by atoms with Gasteiger partial charge in [-0.15, -0.1) is 11.3 Å². The predicted octanol–water partition coefficient (Wildman–Crippen LogP) is 7.96. The predicted molar refractivity (Wildman–Crippen MR) is 177 cm³/mol. The van der Waals surface area contributed by atoms with E-state index in [2.05, 4.69) is 11.6 Å². The Kier molecular flexibility index (Phi) is 9.62. The van der Waals surface area contributed by atoms with Crippen LogP contribution in [0.1, 0.15) is 44.9 Å². The summed E-state index contributed by atoms with van der Waals surface area (Å²) in [6.07, 6.45) is 0.523. The Hall–Kier alpha value is -3.86. The van der Waals surface area contributed by atoms with Crippen LogP contribution in [0, 0.1) is 5.41 Å². The summed E-state index contributed by atoms with van der Waals surface area (Å²) in [5, 5.41) is -0.631. The highest BCUT2D eigenvalue weighted by atomic mass is 33.1. The van der Waals surface area contributed by atoms with Crippen LogP contribution >= 0.6 is 32.9 Å². The van der Waals surface area contributed by atoms with Gasteiger partial charge in [0.25, 0.3) is 5.91 Å². The fourth-order valence-electron chi connectivity index (χ4n) is 4.49. The second-order valence-electron chi connectivity index (χ2n) is 11.3. The van der Waals surface area contributed by atoms with Gasteiger partial charge in [-0.05, 0) is 67.3 Å². The molecule has 0 N–H and O–H groups in total. The number of benzene rings is 3. The number of rotatable bonds is 10. The fourth-order valence-corrected chi connectivity index (χ4v) is 8.35. The summed E-state index contributed by atoms with van der Waals surface area (Å²) in [5.41, 5.74) is 2.44. The van der Waals surface area contributed by atoms with Gasteiger partial charge in [0.1, 0.15) is 11.6 Å². The maximum atomic E-state index is 14.0. The van der Waals surface area contributed by atoms with E-state index in [1.807, 2.05) is 84.9 Å². The SMILES string of the molecule is C=C(C)[C@H](C(=O)OC(c1ccccc1)c1ccccc1)N1C(=O)/C(=C/OC(=O)C(C)(C)C)[C@H]1SSc1nc2ccccc2s1. The van der Waals surface area contributed by atoms with E-state index >= 15 is 0 Å². The first-order valence-electron chi connectivity index (χ1n) is 13.9. The van der Waals surface area contributed by atoms with Crippen molar-refractivity contribution in [2.75, 3.05) is 0 Å². The molecule has 1 aromatic heterocycles. The van der Waals surface area contributed by atoms with Crippen LogP contribution in [-0.4, -0.2) is 39.1 Å². The molecule has 2 atom stereocenters. The lowest BCUT2D eigenvalue weighted by Crippen LogP contribution is -2.60. The molecule has 1 amide bonds. The number of thiazole rings is 1. The molecule has 2 heterocycles. The number of esters is 2. The molecule has 0 aliphatic carbocycles. The number of β-lactam (4-membered cyclic amide) rings is 1. The van der Waals surface area contributed by atoms with Crippen molar-refractivity contribution in [1.29, 1.82) is 0 Å². The van der Waals surface area contributed by atoms with E-state index in [4.69, 9.17) is 9.47 Å². The third kappa shape index (κ3) is 6.93. The van der Waals surface area contributed by atoms with E-state index in [1.165, 1.54) is 44.1 Å². The van der Waals surface area contributed by atoms with Gasteiger partial charge >= 0.3 is 11.9 Å². The Bertz CT molecular complexity index is 1640. The number of carbonyl (C=O) groups excluding carboxylic acids is 3. The average molecular weight is 645 g/mol. The summed E-state index contributed by atoms with van der Waals surface area (Å²) >= 11 is 1.54. The van der Waals surface area contributed by atoms with Crippen LogP contribution in [-0.2, 0) is 23.9 Å². The van der Waals surface area contributed by atoms with E-state index in [9.17, 15) is 14.4 Å². The molecule has 4 aromatic rings. The molecule has 0 unspecified atom stereocenters. The van der Waals surface area contributed by atoms with Crippen molar-refractivity contribution in [2.45, 2.75) is 49.6 Å². The van der Waals surface area contributed by atoms with Crippen molar-refractivity contribution in [3.63, 3.8) is 0 Å². The second-order valence-corrected chi connectivity index (χ2v) is 14.9. The first-order chi connectivity index (χ1) is 21.0.